The second-order valence-electron chi connectivity index (χ2n) is 7.15. The van der Waals surface area contributed by atoms with Gasteiger partial charge in [0.25, 0.3) is 0 Å². The molecule has 1 aromatic carbocycles. The first-order valence-electron chi connectivity index (χ1n) is 9.89. The third-order valence-electron chi connectivity index (χ3n) is 4.89. The van der Waals surface area contributed by atoms with Crippen LogP contribution < -0.4 is 10.0 Å². The maximum absolute atomic E-state index is 12.2. The van der Waals surface area contributed by atoms with E-state index >= 15 is 0 Å². The van der Waals surface area contributed by atoms with Gasteiger partial charge in [-0.05, 0) is 43.4 Å². The number of amides is 1. The summed E-state index contributed by atoms with van der Waals surface area (Å²) in [5, 5.41) is 3.17. The molecule has 2 rings (SSSR count). The highest BCUT2D eigenvalue weighted by Crippen LogP contribution is 2.17. The summed E-state index contributed by atoms with van der Waals surface area (Å²) in [5.74, 6) is 0.0943. The normalized spacial score (nSPS) is 16.7. The molecular formula is C20H32N2O3S. The molecule has 1 fully saturated rings. The fourth-order valence-corrected chi connectivity index (χ4v) is 4.45. The van der Waals surface area contributed by atoms with Crippen molar-refractivity contribution in [3.63, 3.8) is 0 Å². The first-order chi connectivity index (χ1) is 12.5. The third-order valence-corrected chi connectivity index (χ3v) is 6.36. The molecule has 26 heavy (non-hydrogen) atoms. The maximum Gasteiger partial charge on any atom is 0.240 e. The number of aryl methyl sites for hydroxylation is 1. The Balaban J connectivity index is 1.80. The van der Waals surface area contributed by atoms with Crippen LogP contribution in [-0.4, -0.2) is 26.9 Å². The van der Waals surface area contributed by atoms with Gasteiger partial charge in [0, 0.05) is 19.0 Å². The van der Waals surface area contributed by atoms with Gasteiger partial charge in [0.15, 0.2) is 0 Å². The van der Waals surface area contributed by atoms with Crippen LogP contribution in [-0.2, 0) is 21.2 Å². The van der Waals surface area contributed by atoms with Crippen LogP contribution in [0.4, 0.5) is 0 Å². The van der Waals surface area contributed by atoms with Gasteiger partial charge < -0.3 is 5.32 Å². The molecule has 0 aromatic heterocycles. The molecule has 1 amide bonds. The standard InChI is InChI=1S/C20H32N2O3S/c1-2-16-21-26(24,25)19-13-10-17(11-14-19)12-15-20(23)22-18-8-6-4-3-5-7-9-18/h10-11,13-14,18,21H,2-9,12,15-16H2,1H3,(H,22,23). The van der Waals surface area contributed by atoms with Gasteiger partial charge in [-0.25, -0.2) is 13.1 Å². The first kappa shape index (κ1) is 20.9. The Hall–Kier alpha value is -1.40. The van der Waals surface area contributed by atoms with Crippen molar-refractivity contribution in [2.45, 2.75) is 82.1 Å². The highest BCUT2D eigenvalue weighted by Gasteiger charge is 2.15. The molecule has 6 heteroatoms. The SMILES string of the molecule is CCCNS(=O)(=O)c1ccc(CCC(=O)NC2CCCCCCC2)cc1. The molecule has 2 N–H and O–H groups in total. The van der Waals surface area contributed by atoms with E-state index in [0.717, 1.165) is 24.8 Å². The molecule has 0 unspecified atom stereocenters. The van der Waals surface area contributed by atoms with Crippen LogP contribution in [0.15, 0.2) is 29.2 Å². The number of carbonyl (C=O) groups is 1. The first-order valence-corrected chi connectivity index (χ1v) is 11.4. The summed E-state index contributed by atoms with van der Waals surface area (Å²) in [7, 11) is -3.43. The quantitative estimate of drug-likeness (QED) is 0.724. The monoisotopic (exact) mass is 380 g/mol. The average Bonchev–Trinajstić information content (AvgIpc) is 2.61. The van der Waals surface area contributed by atoms with Gasteiger partial charge in [0.1, 0.15) is 0 Å². The molecule has 1 aliphatic carbocycles. The van der Waals surface area contributed by atoms with Gasteiger partial charge >= 0.3 is 0 Å². The highest BCUT2D eigenvalue weighted by atomic mass is 32.2. The Labute approximate surface area is 158 Å². The molecule has 0 aliphatic heterocycles. The number of benzene rings is 1. The Bertz CT molecular complexity index is 648. The van der Waals surface area contributed by atoms with Crippen LogP contribution in [0.25, 0.3) is 0 Å². The molecule has 0 atom stereocenters. The zero-order valence-electron chi connectivity index (χ0n) is 15.8. The Morgan fingerprint density at radius 1 is 1.04 bits per heavy atom. The van der Waals surface area contributed by atoms with Gasteiger partial charge in [-0.1, -0.05) is 51.2 Å². The van der Waals surface area contributed by atoms with Crippen LogP contribution in [0.3, 0.4) is 0 Å². The molecule has 0 bridgehead atoms. The lowest BCUT2D eigenvalue weighted by atomic mass is 9.96. The van der Waals surface area contributed by atoms with Gasteiger partial charge in [0.2, 0.25) is 15.9 Å². The molecular weight excluding hydrogens is 348 g/mol. The summed E-state index contributed by atoms with van der Waals surface area (Å²) >= 11 is 0. The van der Waals surface area contributed by atoms with E-state index in [-0.39, 0.29) is 10.8 Å². The molecule has 1 saturated carbocycles. The fourth-order valence-electron chi connectivity index (χ4n) is 3.31. The van der Waals surface area contributed by atoms with Crippen molar-refractivity contribution < 1.29 is 13.2 Å². The van der Waals surface area contributed by atoms with Crippen LogP contribution in [0.1, 0.15) is 70.3 Å². The molecule has 1 aliphatic rings. The number of hydrogen-bond acceptors (Lipinski definition) is 3. The number of sulfonamides is 1. The van der Waals surface area contributed by atoms with E-state index in [1.807, 2.05) is 6.92 Å². The van der Waals surface area contributed by atoms with Crippen molar-refractivity contribution in [3.8, 4) is 0 Å². The van der Waals surface area contributed by atoms with Crippen molar-refractivity contribution in [2.24, 2.45) is 0 Å². The van der Waals surface area contributed by atoms with Crippen molar-refractivity contribution in [1.82, 2.24) is 10.0 Å². The van der Waals surface area contributed by atoms with Crippen molar-refractivity contribution in [1.29, 1.82) is 0 Å². The molecule has 0 spiro atoms. The van der Waals surface area contributed by atoms with Crippen LogP contribution in [0.5, 0.6) is 0 Å². The van der Waals surface area contributed by atoms with E-state index in [0.29, 0.717) is 25.4 Å². The third kappa shape index (κ3) is 7.08. The number of nitrogens with one attached hydrogen (secondary N) is 2. The summed E-state index contributed by atoms with van der Waals surface area (Å²) in [6.45, 7) is 2.36. The second kappa shape index (κ2) is 10.7. The average molecular weight is 381 g/mol. The lowest BCUT2D eigenvalue weighted by Crippen LogP contribution is -2.35. The van der Waals surface area contributed by atoms with Crippen molar-refractivity contribution in [2.75, 3.05) is 6.54 Å². The van der Waals surface area contributed by atoms with Crippen LogP contribution in [0.2, 0.25) is 0 Å². The maximum atomic E-state index is 12.2. The van der Waals surface area contributed by atoms with E-state index in [1.54, 1.807) is 24.3 Å². The Morgan fingerprint density at radius 2 is 1.65 bits per heavy atom. The number of rotatable bonds is 8. The summed E-state index contributed by atoms with van der Waals surface area (Å²) in [4.78, 5) is 12.5. The van der Waals surface area contributed by atoms with Gasteiger partial charge in [0.05, 0.1) is 4.90 Å². The van der Waals surface area contributed by atoms with Crippen LogP contribution in [0, 0.1) is 0 Å². The minimum Gasteiger partial charge on any atom is -0.353 e. The zero-order chi connectivity index (χ0) is 18.8. The second-order valence-corrected chi connectivity index (χ2v) is 8.92. The minimum atomic E-state index is -3.43. The van der Waals surface area contributed by atoms with E-state index in [9.17, 15) is 13.2 Å². The summed E-state index contributed by atoms with van der Waals surface area (Å²) in [6, 6.07) is 7.13. The zero-order valence-corrected chi connectivity index (χ0v) is 16.6. The largest absolute Gasteiger partial charge is 0.353 e. The predicted octanol–water partition coefficient (Wildman–Crippen LogP) is 3.54. The summed E-state index contributed by atoms with van der Waals surface area (Å²) in [5.41, 5.74) is 0.979. The molecule has 5 nitrogen and oxygen atoms in total. The molecule has 0 heterocycles. The fraction of sp³-hybridized carbons (Fsp3) is 0.650. The van der Waals surface area contributed by atoms with E-state index in [4.69, 9.17) is 0 Å². The Kier molecular flexibility index (Phi) is 8.59. The van der Waals surface area contributed by atoms with Crippen LogP contribution >= 0.6 is 0 Å². The van der Waals surface area contributed by atoms with Gasteiger partial charge in [-0.2, -0.15) is 0 Å². The smallest absolute Gasteiger partial charge is 0.240 e. The van der Waals surface area contributed by atoms with Gasteiger partial charge in [-0.15, -0.1) is 0 Å². The van der Waals surface area contributed by atoms with Crippen molar-refractivity contribution in [3.05, 3.63) is 29.8 Å². The molecule has 0 saturated heterocycles. The van der Waals surface area contributed by atoms with Crippen molar-refractivity contribution >= 4 is 15.9 Å². The molecule has 146 valence electrons. The number of hydrogen-bond donors (Lipinski definition) is 2. The molecule has 1 aromatic rings. The number of carbonyl (C=O) groups excluding carboxylic acids is 1. The van der Waals surface area contributed by atoms with E-state index < -0.39 is 10.0 Å². The predicted molar refractivity (Wildman–Crippen MR) is 104 cm³/mol. The topological polar surface area (TPSA) is 75.3 Å². The van der Waals surface area contributed by atoms with E-state index in [1.165, 1.54) is 32.1 Å². The van der Waals surface area contributed by atoms with Gasteiger partial charge in [-0.3, -0.25) is 4.79 Å². The van der Waals surface area contributed by atoms with E-state index in [2.05, 4.69) is 10.0 Å². The highest BCUT2D eigenvalue weighted by molar-refractivity contribution is 7.89. The lowest BCUT2D eigenvalue weighted by molar-refractivity contribution is -0.121. The lowest BCUT2D eigenvalue weighted by Gasteiger charge is -2.21. The summed E-state index contributed by atoms with van der Waals surface area (Å²) in [6.07, 6.45) is 10.3. The Morgan fingerprint density at radius 3 is 2.27 bits per heavy atom. The molecule has 0 radical (unpaired) electrons. The minimum absolute atomic E-state index is 0.0943. The summed E-state index contributed by atoms with van der Waals surface area (Å²) < 4.78 is 26.7.